The maximum Gasteiger partial charge on any atom is 0.225 e. The van der Waals surface area contributed by atoms with Gasteiger partial charge in [-0.1, -0.05) is 6.92 Å². The van der Waals surface area contributed by atoms with Gasteiger partial charge in [-0.15, -0.1) is 11.3 Å². The molecule has 2 rings (SSSR count). The van der Waals surface area contributed by atoms with Crippen LogP contribution in [0.4, 0.5) is 5.95 Å². The summed E-state index contributed by atoms with van der Waals surface area (Å²) in [6.45, 7) is 5.51. The standard InChI is InChI=1S/C13H18N4OS/c1-3-8-18-11-4-6-14-13(17-11)15-7-5-12-16-10(2)9-19-12/h4,6,9H,3,5,7-8H2,1-2H3,(H,14,15,17). The highest BCUT2D eigenvalue weighted by molar-refractivity contribution is 7.09. The number of hydrogen-bond donors (Lipinski definition) is 1. The number of aromatic nitrogens is 3. The number of anilines is 1. The molecule has 1 N–H and O–H groups in total. The van der Waals surface area contributed by atoms with Crippen LogP contribution in [0.2, 0.25) is 0 Å². The van der Waals surface area contributed by atoms with Crippen molar-refractivity contribution in [2.45, 2.75) is 26.7 Å². The molecule has 0 radical (unpaired) electrons. The molecule has 0 fully saturated rings. The molecule has 0 aliphatic carbocycles. The average molecular weight is 278 g/mol. The summed E-state index contributed by atoms with van der Waals surface area (Å²) in [5, 5.41) is 6.37. The topological polar surface area (TPSA) is 59.9 Å². The second kappa shape index (κ2) is 7.04. The van der Waals surface area contributed by atoms with Gasteiger partial charge in [-0.05, 0) is 13.3 Å². The molecule has 5 nitrogen and oxygen atoms in total. The number of aryl methyl sites for hydroxylation is 1. The predicted molar refractivity (Wildman–Crippen MR) is 76.9 cm³/mol. The molecule has 6 heteroatoms. The highest BCUT2D eigenvalue weighted by Gasteiger charge is 2.01. The summed E-state index contributed by atoms with van der Waals surface area (Å²) in [5.74, 6) is 1.21. The molecule has 0 bridgehead atoms. The Morgan fingerprint density at radius 2 is 2.26 bits per heavy atom. The van der Waals surface area contributed by atoms with E-state index in [0.717, 1.165) is 30.1 Å². The van der Waals surface area contributed by atoms with E-state index in [9.17, 15) is 0 Å². The van der Waals surface area contributed by atoms with Gasteiger partial charge in [0, 0.05) is 36.3 Å². The van der Waals surface area contributed by atoms with Gasteiger partial charge in [-0.2, -0.15) is 4.98 Å². The lowest BCUT2D eigenvalue weighted by atomic mass is 10.4. The second-order valence-corrected chi connectivity index (χ2v) is 5.07. The molecule has 19 heavy (non-hydrogen) atoms. The third-order valence-electron chi connectivity index (χ3n) is 2.37. The first-order chi connectivity index (χ1) is 9.28. The summed E-state index contributed by atoms with van der Waals surface area (Å²) in [6.07, 6.45) is 3.55. The van der Waals surface area contributed by atoms with Crippen molar-refractivity contribution in [1.29, 1.82) is 0 Å². The molecule has 0 aromatic carbocycles. The first-order valence-corrected chi connectivity index (χ1v) is 7.26. The Morgan fingerprint density at radius 3 is 3.00 bits per heavy atom. The first kappa shape index (κ1) is 13.7. The van der Waals surface area contributed by atoms with E-state index in [1.165, 1.54) is 0 Å². The van der Waals surface area contributed by atoms with E-state index in [2.05, 4.69) is 32.6 Å². The van der Waals surface area contributed by atoms with E-state index in [4.69, 9.17) is 4.74 Å². The first-order valence-electron chi connectivity index (χ1n) is 6.38. The van der Waals surface area contributed by atoms with Crippen LogP contribution in [-0.2, 0) is 6.42 Å². The van der Waals surface area contributed by atoms with Gasteiger partial charge in [0.25, 0.3) is 0 Å². The summed E-state index contributed by atoms with van der Waals surface area (Å²) in [4.78, 5) is 12.9. The van der Waals surface area contributed by atoms with E-state index in [0.29, 0.717) is 18.4 Å². The highest BCUT2D eigenvalue weighted by atomic mass is 32.1. The van der Waals surface area contributed by atoms with Crippen LogP contribution >= 0.6 is 11.3 Å². The molecule has 2 heterocycles. The van der Waals surface area contributed by atoms with Crippen LogP contribution in [0.15, 0.2) is 17.6 Å². The third kappa shape index (κ3) is 4.48. The minimum absolute atomic E-state index is 0.599. The molecular formula is C13H18N4OS. The maximum atomic E-state index is 5.46. The average Bonchev–Trinajstić information content (AvgIpc) is 2.83. The van der Waals surface area contributed by atoms with Gasteiger partial charge >= 0.3 is 0 Å². The zero-order valence-electron chi connectivity index (χ0n) is 11.2. The van der Waals surface area contributed by atoms with Crippen molar-refractivity contribution in [3.63, 3.8) is 0 Å². The Hall–Kier alpha value is -1.69. The fraction of sp³-hybridized carbons (Fsp3) is 0.462. The highest BCUT2D eigenvalue weighted by Crippen LogP contribution is 2.11. The van der Waals surface area contributed by atoms with Crippen molar-refractivity contribution < 1.29 is 4.74 Å². The number of hydrogen-bond acceptors (Lipinski definition) is 6. The van der Waals surface area contributed by atoms with Gasteiger partial charge in [0.1, 0.15) is 0 Å². The fourth-order valence-electron chi connectivity index (χ4n) is 1.51. The van der Waals surface area contributed by atoms with E-state index in [1.807, 2.05) is 6.92 Å². The van der Waals surface area contributed by atoms with Crippen molar-refractivity contribution >= 4 is 17.3 Å². The lowest BCUT2D eigenvalue weighted by molar-refractivity contribution is 0.305. The number of nitrogens with zero attached hydrogens (tertiary/aromatic N) is 3. The zero-order chi connectivity index (χ0) is 13.5. The minimum Gasteiger partial charge on any atom is -0.478 e. The maximum absolute atomic E-state index is 5.46. The molecule has 0 atom stereocenters. The Kier molecular flexibility index (Phi) is 5.09. The molecule has 0 saturated carbocycles. The van der Waals surface area contributed by atoms with Crippen molar-refractivity contribution in [3.8, 4) is 5.88 Å². The Balaban J connectivity index is 1.82. The molecule has 2 aromatic heterocycles. The van der Waals surface area contributed by atoms with Gasteiger partial charge in [-0.3, -0.25) is 0 Å². The smallest absolute Gasteiger partial charge is 0.225 e. The normalized spacial score (nSPS) is 10.4. The molecule has 0 saturated heterocycles. The van der Waals surface area contributed by atoms with Gasteiger partial charge in [-0.25, -0.2) is 9.97 Å². The molecule has 0 aliphatic rings. The molecule has 0 amide bonds. The summed E-state index contributed by atoms with van der Waals surface area (Å²) in [5.41, 5.74) is 1.08. The third-order valence-corrected chi connectivity index (χ3v) is 3.40. The zero-order valence-corrected chi connectivity index (χ0v) is 12.0. The van der Waals surface area contributed by atoms with Gasteiger partial charge in [0.05, 0.1) is 11.6 Å². The lowest BCUT2D eigenvalue weighted by Gasteiger charge is -2.06. The largest absolute Gasteiger partial charge is 0.478 e. The second-order valence-electron chi connectivity index (χ2n) is 4.13. The van der Waals surface area contributed by atoms with Crippen LogP contribution in [0.5, 0.6) is 5.88 Å². The van der Waals surface area contributed by atoms with Crippen molar-refractivity contribution in [3.05, 3.63) is 28.3 Å². The molecule has 0 spiro atoms. The Labute approximate surface area is 117 Å². The number of rotatable bonds is 7. The lowest BCUT2D eigenvalue weighted by Crippen LogP contribution is -2.08. The number of ether oxygens (including phenoxy) is 1. The Morgan fingerprint density at radius 1 is 1.37 bits per heavy atom. The fourth-order valence-corrected chi connectivity index (χ4v) is 2.29. The summed E-state index contributed by atoms with van der Waals surface area (Å²) in [6, 6.07) is 1.77. The van der Waals surface area contributed by atoms with Crippen molar-refractivity contribution in [2.24, 2.45) is 0 Å². The van der Waals surface area contributed by atoms with Crippen molar-refractivity contribution in [2.75, 3.05) is 18.5 Å². The molecule has 2 aromatic rings. The molecule has 0 unspecified atom stereocenters. The van der Waals surface area contributed by atoms with E-state index in [1.54, 1.807) is 23.6 Å². The quantitative estimate of drug-likeness (QED) is 0.843. The van der Waals surface area contributed by atoms with Gasteiger partial charge in [0.15, 0.2) is 0 Å². The van der Waals surface area contributed by atoms with Gasteiger partial charge in [0.2, 0.25) is 11.8 Å². The molecule has 0 aliphatic heterocycles. The van der Waals surface area contributed by atoms with Crippen LogP contribution in [0.3, 0.4) is 0 Å². The summed E-state index contributed by atoms with van der Waals surface area (Å²) in [7, 11) is 0. The summed E-state index contributed by atoms with van der Waals surface area (Å²) < 4.78 is 5.46. The van der Waals surface area contributed by atoms with Crippen LogP contribution in [0, 0.1) is 6.92 Å². The van der Waals surface area contributed by atoms with Crippen molar-refractivity contribution in [1.82, 2.24) is 15.0 Å². The summed E-state index contributed by atoms with van der Waals surface area (Å²) >= 11 is 1.68. The SMILES string of the molecule is CCCOc1ccnc(NCCc2nc(C)cs2)n1. The van der Waals surface area contributed by atoms with Crippen LogP contribution in [0.25, 0.3) is 0 Å². The van der Waals surface area contributed by atoms with E-state index < -0.39 is 0 Å². The van der Waals surface area contributed by atoms with E-state index >= 15 is 0 Å². The van der Waals surface area contributed by atoms with Gasteiger partial charge < -0.3 is 10.1 Å². The number of nitrogens with one attached hydrogen (secondary N) is 1. The van der Waals surface area contributed by atoms with E-state index in [-0.39, 0.29) is 0 Å². The van der Waals surface area contributed by atoms with Crippen LogP contribution in [-0.4, -0.2) is 28.1 Å². The number of thiazole rings is 1. The molecular weight excluding hydrogens is 260 g/mol. The monoisotopic (exact) mass is 278 g/mol. The van der Waals surface area contributed by atoms with Crippen LogP contribution in [0.1, 0.15) is 24.0 Å². The molecule has 102 valence electrons. The minimum atomic E-state index is 0.599. The van der Waals surface area contributed by atoms with Crippen LogP contribution < -0.4 is 10.1 Å². The predicted octanol–water partition coefficient (Wildman–Crippen LogP) is 2.68. The Bertz CT molecular complexity index is 515.